The summed E-state index contributed by atoms with van der Waals surface area (Å²) in [5.41, 5.74) is 0. The van der Waals surface area contributed by atoms with Crippen molar-refractivity contribution < 1.29 is 80.2 Å². The van der Waals surface area contributed by atoms with Crippen LogP contribution in [0.2, 0.25) is 0 Å². The summed E-state index contributed by atoms with van der Waals surface area (Å²) < 4.78 is 68.1. The summed E-state index contributed by atoms with van der Waals surface area (Å²) in [6, 6.07) is 0. The summed E-state index contributed by atoms with van der Waals surface area (Å²) in [6.07, 6.45) is 47.3. The van der Waals surface area contributed by atoms with Gasteiger partial charge >= 0.3 is 39.5 Å². The van der Waals surface area contributed by atoms with Gasteiger partial charge in [0.1, 0.15) is 19.3 Å². The van der Waals surface area contributed by atoms with Gasteiger partial charge in [0.15, 0.2) is 12.2 Å². The molecule has 19 heteroatoms. The van der Waals surface area contributed by atoms with Crippen molar-refractivity contribution in [2.75, 3.05) is 39.6 Å². The van der Waals surface area contributed by atoms with Crippen LogP contribution in [0.4, 0.5) is 0 Å². The van der Waals surface area contributed by atoms with E-state index in [-0.39, 0.29) is 25.7 Å². The third kappa shape index (κ3) is 62.6. The van der Waals surface area contributed by atoms with Crippen molar-refractivity contribution in [1.29, 1.82) is 0 Å². The van der Waals surface area contributed by atoms with E-state index >= 15 is 0 Å². The Kier molecular flexibility index (Phi) is 60.2. The second-order valence-corrected chi connectivity index (χ2v) is 27.9. The first-order valence-corrected chi connectivity index (χ1v) is 38.6. The highest BCUT2D eigenvalue weighted by Crippen LogP contribution is 2.45. The maximum Gasteiger partial charge on any atom is 0.472 e. The molecule has 516 valence electrons. The van der Waals surface area contributed by atoms with Gasteiger partial charge in [-0.2, -0.15) is 0 Å². The van der Waals surface area contributed by atoms with Crippen molar-refractivity contribution in [1.82, 2.24) is 0 Å². The maximum absolute atomic E-state index is 13.0. The summed E-state index contributed by atoms with van der Waals surface area (Å²) in [7, 11) is -9.89. The van der Waals surface area contributed by atoms with Crippen molar-refractivity contribution in [3.63, 3.8) is 0 Å². The van der Waals surface area contributed by atoms with Crippen molar-refractivity contribution in [2.24, 2.45) is 5.92 Å². The lowest BCUT2D eigenvalue weighted by atomic mass is 10.0. The second kappa shape index (κ2) is 61.6. The van der Waals surface area contributed by atoms with E-state index in [1.165, 1.54) is 167 Å². The van der Waals surface area contributed by atoms with Gasteiger partial charge in [-0.05, 0) is 31.6 Å². The summed E-state index contributed by atoms with van der Waals surface area (Å²) in [5, 5.41) is 10.6. The molecule has 0 fully saturated rings. The van der Waals surface area contributed by atoms with Gasteiger partial charge in [0.05, 0.1) is 26.4 Å². The van der Waals surface area contributed by atoms with Crippen LogP contribution < -0.4 is 0 Å². The summed E-state index contributed by atoms with van der Waals surface area (Å²) in [5.74, 6) is -1.43. The Morgan fingerprint density at radius 3 is 0.782 bits per heavy atom. The Morgan fingerprint density at radius 1 is 0.310 bits per heavy atom. The molecule has 0 aliphatic heterocycles. The Hall–Kier alpha value is -1.94. The van der Waals surface area contributed by atoms with Gasteiger partial charge < -0.3 is 33.8 Å². The number of esters is 4. The zero-order valence-corrected chi connectivity index (χ0v) is 57.9. The largest absolute Gasteiger partial charge is 0.472 e. The minimum Gasteiger partial charge on any atom is -0.462 e. The van der Waals surface area contributed by atoms with Crippen LogP contribution in [-0.2, 0) is 65.4 Å². The van der Waals surface area contributed by atoms with Crippen LogP contribution in [0.3, 0.4) is 0 Å². The van der Waals surface area contributed by atoms with Crippen LogP contribution in [0.15, 0.2) is 0 Å². The number of aliphatic hydroxyl groups is 1. The predicted octanol–water partition coefficient (Wildman–Crippen LogP) is 19.4. The molecular formula is C68H132O17P2. The molecule has 0 bridgehead atoms. The van der Waals surface area contributed by atoms with Gasteiger partial charge in [-0.25, -0.2) is 9.13 Å². The molecule has 0 saturated heterocycles. The average Bonchev–Trinajstić information content (AvgIpc) is 3.54. The van der Waals surface area contributed by atoms with E-state index in [0.29, 0.717) is 31.6 Å². The quantitative estimate of drug-likeness (QED) is 0.0222. The zero-order valence-electron chi connectivity index (χ0n) is 56.2. The van der Waals surface area contributed by atoms with Crippen LogP contribution in [0, 0.1) is 5.92 Å². The summed E-state index contributed by atoms with van der Waals surface area (Å²) in [4.78, 5) is 72.3. The molecule has 0 heterocycles. The van der Waals surface area contributed by atoms with Gasteiger partial charge in [0.25, 0.3) is 0 Å². The van der Waals surface area contributed by atoms with Crippen LogP contribution in [0.1, 0.15) is 349 Å². The molecule has 0 aromatic carbocycles. The molecular weight excluding hydrogens is 1150 g/mol. The molecule has 0 aliphatic carbocycles. The van der Waals surface area contributed by atoms with Crippen molar-refractivity contribution in [3.8, 4) is 0 Å². The number of carbonyl (C=O) groups excluding carboxylic acids is 4. The molecule has 2 unspecified atom stereocenters. The molecule has 3 N–H and O–H groups in total. The van der Waals surface area contributed by atoms with Crippen molar-refractivity contribution in [3.05, 3.63) is 0 Å². The SMILES string of the molecule is CCCCCCCCCCCCCCCCCCC(=O)O[C@H](COC(=O)CCCCCCCCCCCCCCC)COP(=O)(O)OC[C@@H](O)COP(=O)(O)OC[C@@H](COC(=O)CCCCCCCCCC)OC(=O)CCCCCCCCCC(C)C. The smallest absolute Gasteiger partial charge is 0.462 e. The molecule has 0 radical (unpaired) electrons. The van der Waals surface area contributed by atoms with E-state index < -0.39 is 97.5 Å². The van der Waals surface area contributed by atoms with Gasteiger partial charge in [0, 0.05) is 25.7 Å². The molecule has 0 aliphatic rings. The zero-order chi connectivity index (χ0) is 64.2. The Balaban J connectivity index is 5.21. The molecule has 0 amide bonds. The molecule has 17 nitrogen and oxygen atoms in total. The molecule has 87 heavy (non-hydrogen) atoms. The Bertz CT molecular complexity index is 1690. The Morgan fingerprint density at radius 2 is 0.529 bits per heavy atom. The van der Waals surface area contributed by atoms with Gasteiger partial charge in [-0.3, -0.25) is 37.3 Å². The summed E-state index contributed by atoms with van der Waals surface area (Å²) in [6.45, 7) is 7.15. The fraction of sp³-hybridized carbons (Fsp3) is 0.941. The molecule has 0 saturated carbocycles. The van der Waals surface area contributed by atoms with Crippen LogP contribution >= 0.6 is 15.6 Å². The average molecular weight is 1280 g/mol. The first-order chi connectivity index (χ1) is 42.0. The maximum atomic E-state index is 13.0. The van der Waals surface area contributed by atoms with Gasteiger partial charge in [-0.1, -0.05) is 298 Å². The lowest BCUT2D eigenvalue weighted by Crippen LogP contribution is -2.30. The highest BCUT2D eigenvalue weighted by atomic mass is 31.2. The minimum atomic E-state index is -4.95. The fourth-order valence-electron chi connectivity index (χ4n) is 10.3. The van der Waals surface area contributed by atoms with E-state index in [9.17, 15) is 43.2 Å². The number of rotatable bonds is 68. The molecule has 5 atom stereocenters. The minimum absolute atomic E-state index is 0.104. The van der Waals surface area contributed by atoms with Crippen molar-refractivity contribution >= 4 is 39.5 Å². The van der Waals surface area contributed by atoms with E-state index in [1.807, 2.05) is 0 Å². The fourth-order valence-corrected chi connectivity index (χ4v) is 11.9. The number of ether oxygens (including phenoxy) is 4. The number of hydrogen-bond donors (Lipinski definition) is 3. The number of carbonyl (C=O) groups is 4. The number of aliphatic hydroxyl groups excluding tert-OH is 1. The first kappa shape index (κ1) is 85.1. The topological polar surface area (TPSA) is 237 Å². The van der Waals surface area contributed by atoms with E-state index in [4.69, 9.17) is 37.0 Å². The predicted molar refractivity (Wildman–Crippen MR) is 349 cm³/mol. The third-order valence-electron chi connectivity index (χ3n) is 15.8. The lowest BCUT2D eigenvalue weighted by molar-refractivity contribution is -0.161. The Labute approximate surface area is 530 Å². The van der Waals surface area contributed by atoms with E-state index in [2.05, 4.69) is 34.6 Å². The highest BCUT2D eigenvalue weighted by molar-refractivity contribution is 7.47. The molecule has 0 spiro atoms. The normalized spacial score (nSPS) is 14.1. The van der Waals surface area contributed by atoms with E-state index in [1.54, 1.807) is 0 Å². The van der Waals surface area contributed by atoms with Gasteiger partial charge in [0.2, 0.25) is 0 Å². The second-order valence-electron chi connectivity index (χ2n) is 25.0. The number of phosphoric acid groups is 2. The standard InChI is InChI=1S/C68H132O17P2/c1-6-9-12-15-18-21-23-25-26-27-29-31-33-38-43-48-53-67(72)84-63(58-79-66(71)52-47-42-37-32-30-28-24-22-19-16-13-10-7-2)59-82-86(74,75)80-55-62(69)56-81-87(76,77)83-60-64(57-78-65(70)51-46-41-36-20-17-14-11-8-3)85-68(73)54-49-44-39-34-35-40-45-50-61(4)5/h61-64,69H,6-60H2,1-5H3,(H,74,75)(H,76,77)/t62-,63-,64-/m1/s1. The van der Waals surface area contributed by atoms with Crippen LogP contribution in [-0.4, -0.2) is 96.7 Å². The van der Waals surface area contributed by atoms with Gasteiger partial charge in [-0.15, -0.1) is 0 Å². The molecule has 0 aromatic heterocycles. The van der Waals surface area contributed by atoms with E-state index in [0.717, 1.165) is 96.3 Å². The lowest BCUT2D eigenvalue weighted by Gasteiger charge is -2.21. The summed E-state index contributed by atoms with van der Waals surface area (Å²) >= 11 is 0. The van der Waals surface area contributed by atoms with Crippen LogP contribution in [0.5, 0.6) is 0 Å². The molecule has 0 aromatic rings. The molecule has 0 rings (SSSR count). The monoisotopic (exact) mass is 1280 g/mol. The van der Waals surface area contributed by atoms with Crippen LogP contribution in [0.25, 0.3) is 0 Å². The highest BCUT2D eigenvalue weighted by Gasteiger charge is 2.30. The first-order valence-electron chi connectivity index (χ1n) is 35.6. The van der Waals surface area contributed by atoms with Crippen molar-refractivity contribution in [2.45, 2.75) is 368 Å². The third-order valence-corrected chi connectivity index (χ3v) is 17.7. The number of unbranched alkanes of at least 4 members (excludes halogenated alkanes) is 40. The number of phosphoric ester groups is 2. The number of hydrogen-bond acceptors (Lipinski definition) is 15.